The minimum Gasteiger partial charge on any atom is -0.454 e. The SMILES string of the molecule is Brc1cnc(N2CCc3c([nH]c4ccccc34)C2c2ccc3c(c2)OCO3)nc1.c1ccc2c3c([nH]c2c1)C(c1ccc2c(c1)OCO2)NCC3. The van der Waals surface area contributed by atoms with Crippen molar-refractivity contribution >= 4 is 43.7 Å². The molecule has 2 atom stereocenters. The van der Waals surface area contributed by atoms with E-state index in [-0.39, 0.29) is 18.9 Å². The maximum Gasteiger partial charge on any atom is 0.231 e. The lowest BCUT2D eigenvalue weighted by atomic mass is 9.92. The molecule has 0 saturated carbocycles. The molecule has 0 radical (unpaired) electrons. The Morgan fingerprint density at radius 3 is 1.94 bits per heavy atom. The van der Waals surface area contributed by atoms with E-state index in [1.807, 2.05) is 12.1 Å². The van der Waals surface area contributed by atoms with Crippen LogP contribution in [0.3, 0.4) is 0 Å². The molecule has 3 N–H and O–H groups in total. The fraction of sp³-hybridized carbons (Fsp3) is 0.200. The summed E-state index contributed by atoms with van der Waals surface area (Å²) >= 11 is 3.43. The molecular weight excluding hydrogens is 708 g/mol. The van der Waals surface area contributed by atoms with Crippen LogP contribution in [0.15, 0.2) is 102 Å². The van der Waals surface area contributed by atoms with Crippen LogP contribution in [-0.4, -0.2) is 46.6 Å². The first-order chi connectivity index (χ1) is 25.2. The molecule has 3 aromatic heterocycles. The fourth-order valence-electron chi connectivity index (χ4n) is 7.90. The van der Waals surface area contributed by atoms with Crippen molar-refractivity contribution in [1.29, 1.82) is 0 Å². The van der Waals surface area contributed by atoms with Crippen LogP contribution >= 0.6 is 15.9 Å². The molecule has 11 rings (SSSR count). The summed E-state index contributed by atoms with van der Waals surface area (Å²) < 4.78 is 22.9. The Morgan fingerprint density at radius 1 is 0.647 bits per heavy atom. The van der Waals surface area contributed by atoms with Gasteiger partial charge in [-0.15, -0.1) is 0 Å². The smallest absolute Gasteiger partial charge is 0.231 e. The standard InChI is InChI=1S/C22H17BrN4O2.C18H16N2O2/c23-14-10-24-22(25-11-14)27-8-7-16-15-3-1-2-4-17(15)26-20(16)21(27)13-5-6-18-19(9-13)29-12-28-18;1-2-4-14-12(3-1)13-7-8-19-17(18(13)20-14)11-5-6-15-16(9-11)22-10-21-15/h1-6,9-11,21,26H,7-8,12H2;1-6,9,17,19-20H,7-8,10H2. The number of rotatable bonds is 3. The first-order valence-corrected chi connectivity index (χ1v) is 17.9. The lowest BCUT2D eigenvalue weighted by Gasteiger charge is -2.36. The zero-order valence-electron chi connectivity index (χ0n) is 27.5. The number of hydrogen-bond acceptors (Lipinski definition) is 8. The molecule has 4 aliphatic heterocycles. The molecular formula is C40H33BrN6O4. The van der Waals surface area contributed by atoms with E-state index in [2.05, 4.69) is 119 Å². The zero-order valence-corrected chi connectivity index (χ0v) is 29.1. The van der Waals surface area contributed by atoms with Crippen molar-refractivity contribution in [1.82, 2.24) is 25.3 Å². The fourth-order valence-corrected chi connectivity index (χ4v) is 8.10. The van der Waals surface area contributed by atoms with Crippen LogP contribution in [0.4, 0.5) is 5.95 Å². The van der Waals surface area contributed by atoms with Crippen molar-refractivity contribution in [2.75, 3.05) is 31.6 Å². The highest BCUT2D eigenvalue weighted by molar-refractivity contribution is 9.10. The number of anilines is 1. The van der Waals surface area contributed by atoms with Crippen LogP contribution < -0.4 is 29.2 Å². The van der Waals surface area contributed by atoms with Crippen LogP contribution in [-0.2, 0) is 12.8 Å². The molecule has 0 aliphatic carbocycles. The monoisotopic (exact) mass is 740 g/mol. The Morgan fingerprint density at radius 2 is 1.24 bits per heavy atom. The number of halogens is 1. The van der Waals surface area contributed by atoms with Crippen molar-refractivity contribution in [2.24, 2.45) is 0 Å². The van der Waals surface area contributed by atoms with Gasteiger partial charge in [0.2, 0.25) is 19.5 Å². The van der Waals surface area contributed by atoms with E-state index in [1.54, 1.807) is 12.4 Å². The number of nitrogens with zero attached hydrogens (tertiary/aromatic N) is 3. The summed E-state index contributed by atoms with van der Waals surface area (Å²) in [7, 11) is 0. The Balaban J connectivity index is 0.000000133. The number of ether oxygens (including phenoxy) is 4. The van der Waals surface area contributed by atoms with Gasteiger partial charge in [0.1, 0.15) is 0 Å². The molecule has 10 nitrogen and oxygen atoms in total. The molecule has 0 spiro atoms. The summed E-state index contributed by atoms with van der Waals surface area (Å²) in [4.78, 5) is 18.7. The third kappa shape index (κ3) is 5.26. The first-order valence-electron chi connectivity index (χ1n) is 17.1. The van der Waals surface area contributed by atoms with Gasteiger partial charge in [0.15, 0.2) is 23.0 Å². The highest BCUT2D eigenvalue weighted by atomic mass is 79.9. The highest BCUT2D eigenvalue weighted by Gasteiger charge is 2.34. The number of benzene rings is 4. The van der Waals surface area contributed by atoms with Crippen LogP contribution in [0.2, 0.25) is 0 Å². The average molecular weight is 742 g/mol. The molecule has 51 heavy (non-hydrogen) atoms. The second-order valence-electron chi connectivity index (χ2n) is 13.0. The Labute approximate surface area is 301 Å². The molecule has 2 unspecified atom stereocenters. The third-order valence-corrected chi connectivity index (χ3v) is 10.6. The van der Waals surface area contributed by atoms with Crippen molar-refractivity contribution in [2.45, 2.75) is 24.9 Å². The van der Waals surface area contributed by atoms with Crippen molar-refractivity contribution in [3.63, 3.8) is 0 Å². The topological polar surface area (TPSA) is 110 Å². The number of H-pyrrole nitrogens is 2. The number of hydrogen-bond donors (Lipinski definition) is 3. The minimum absolute atomic E-state index is 0.0400. The van der Waals surface area contributed by atoms with Crippen LogP contribution in [0.25, 0.3) is 21.8 Å². The van der Waals surface area contributed by atoms with Gasteiger partial charge in [0.25, 0.3) is 0 Å². The molecule has 4 aromatic carbocycles. The van der Waals surface area contributed by atoms with E-state index in [0.29, 0.717) is 12.7 Å². The molecule has 11 heteroatoms. The summed E-state index contributed by atoms with van der Waals surface area (Å²) in [6.45, 7) is 2.39. The Bertz CT molecular complexity index is 2420. The minimum atomic E-state index is -0.0400. The number of aromatic amines is 2. The van der Waals surface area contributed by atoms with Crippen LogP contribution in [0.5, 0.6) is 23.0 Å². The van der Waals surface area contributed by atoms with Crippen molar-refractivity contribution < 1.29 is 18.9 Å². The van der Waals surface area contributed by atoms with Crippen LogP contribution in [0, 0.1) is 0 Å². The number of para-hydroxylation sites is 2. The van der Waals surface area contributed by atoms with Gasteiger partial charge in [-0.3, -0.25) is 0 Å². The summed E-state index contributed by atoms with van der Waals surface area (Å²) in [6, 6.07) is 29.5. The predicted molar refractivity (Wildman–Crippen MR) is 198 cm³/mol. The van der Waals surface area contributed by atoms with E-state index in [4.69, 9.17) is 18.9 Å². The normalized spacial score (nSPS) is 18.3. The van der Waals surface area contributed by atoms with E-state index >= 15 is 0 Å². The van der Waals surface area contributed by atoms with Crippen molar-refractivity contribution in [3.8, 4) is 23.0 Å². The second-order valence-corrected chi connectivity index (χ2v) is 14.0. The largest absolute Gasteiger partial charge is 0.454 e. The maximum atomic E-state index is 5.65. The molecule has 254 valence electrons. The Kier molecular flexibility index (Phi) is 7.35. The van der Waals surface area contributed by atoms with Crippen LogP contribution in [0.1, 0.15) is 45.7 Å². The molecule has 0 amide bonds. The molecule has 0 bridgehead atoms. The predicted octanol–water partition coefficient (Wildman–Crippen LogP) is 7.73. The summed E-state index contributed by atoms with van der Waals surface area (Å²) in [5, 5.41) is 6.24. The number of aromatic nitrogens is 4. The van der Waals surface area contributed by atoms with Crippen molar-refractivity contribution in [3.05, 3.63) is 135 Å². The van der Waals surface area contributed by atoms with Gasteiger partial charge in [0.05, 0.1) is 16.6 Å². The molecule has 0 fully saturated rings. The van der Waals surface area contributed by atoms with Gasteiger partial charge in [-0.1, -0.05) is 48.5 Å². The highest BCUT2D eigenvalue weighted by Crippen LogP contribution is 2.43. The quantitative estimate of drug-likeness (QED) is 0.169. The van der Waals surface area contributed by atoms with Gasteiger partial charge in [-0.05, 0) is 87.4 Å². The Hall–Kier alpha value is -5.52. The van der Waals surface area contributed by atoms with Gasteiger partial charge < -0.3 is 39.1 Å². The number of fused-ring (bicyclic) bond motifs is 8. The van der Waals surface area contributed by atoms with E-state index < -0.39 is 0 Å². The molecule has 7 heterocycles. The van der Waals surface area contributed by atoms with Gasteiger partial charge in [-0.2, -0.15) is 0 Å². The zero-order chi connectivity index (χ0) is 33.9. The molecule has 7 aromatic rings. The van der Waals surface area contributed by atoms with Gasteiger partial charge >= 0.3 is 0 Å². The van der Waals surface area contributed by atoms with Gasteiger partial charge in [-0.25, -0.2) is 9.97 Å². The van der Waals surface area contributed by atoms with E-state index in [0.717, 1.165) is 64.5 Å². The molecule has 0 saturated heterocycles. The van der Waals surface area contributed by atoms with E-state index in [9.17, 15) is 0 Å². The summed E-state index contributed by atoms with van der Waals surface area (Å²) in [5.74, 6) is 3.94. The van der Waals surface area contributed by atoms with Gasteiger partial charge in [0, 0.05) is 58.7 Å². The number of nitrogens with one attached hydrogen (secondary N) is 3. The maximum absolute atomic E-state index is 5.65. The molecule has 4 aliphatic rings. The van der Waals surface area contributed by atoms with E-state index in [1.165, 1.54) is 44.4 Å². The summed E-state index contributed by atoms with van der Waals surface area (Å²) in [6.07, 6.45) is 5.57. The second kappa shape index (κ2) is 12.4. The first kappa shape index (κ1) is 30.3. The lowest BCUT2D eigenvalue weighted by molar-refractivity contribution is 0.173. The summed E-state index contributed by atoms with van der Waals surface area (Å²) in [5.41, 5.74) is 9.93. The third-order valence-electron chi connectivity index (χ3n) is 10.2. The average Bonchev–Trinajstić information content (AvgIpc) is 3.99. The lowest BCUT2D eigenvalue weighted by Crippen LogP contribution is -2.37.